The maximum Gasteiger partial charge on any atom is 0.259 e. The number of para-hydroxylation sites is 1. The molecule has 0 bridgehead atoms. The average molecular weight is 299 g/mol. The van der Waals surface area contributed by atoms with Gasteiger partial charge in [-0.25, -0.2) is 0 Å². The van der Waals surface area contributed by atoms with E-state index in [0.29, 0.717) is 29.5 Å². The van der Waals surface area contributed by atoms with Crippen molar-refractivity contribution in [2.75, 3.05) is 19.0 Å². The summed E-state index contributed by atoms with van der Waals surface area (Å²) in [6.07, 6.45) is 0. The molecule has 0 aliphatic heterocycles. The van der Waals surface area contributed by atoms with Gasteiger partial charge in [-0.3, -0.25) is 4.79 Å². The van der Waals surface area contributed by atoms with Gasteiger partial charge in [0, 0.05) is 5.69 Å². The highest BCUT2D eigenvalue weighted by molar-refractivity contribution is 6.06. The minimum atomic E-state index is -0.201. The summed E-state index contributed by atoms with van der Waals surface area (Å²) in [6.45, 7) is 4.87. The first-order chi connectivity index (χ1) is 10.6. The minimum Gasteiger partial charge on any atom is -0.496 e. The SMILES string of the molecule is COc1ccccc1C(=O)Nc1ccc(OCC(C)C)cc1. The van der Waals surface area contributed by atoms with E-state index in [2.05, 4.69) is 19.2 Å². The van der Waals surface area contributed by atoms with Crippen molar-refractivity contribution >= 4 is 11.6 Å². The minimum absolute atomic E-state index is 0.201. The predicted octanol–water partition coefficient (Wildman–Crippen LogP) is 3.98. The van der Waals surface area contributed by atoms with E-state index in [4.69, 9.17) is 9.47 Å². The number of ether oxygens (including phenoxy) is 2. The van der Waals surface area contributed by atoms with E-state index in [1.807, 2.05) is 30.3 Å². The Morgan fingerprint density at radius 3 is 2.41 bits per heavy atom. The van der Waals surface area contributed by atoms with Crippen LogP contribution in [0.1, 0.15) is 24.2 Å². The molecular weight excluding hydrogens is 278 g/mol. The molecule has 22 heavy (non-hydrogen) atoms. The van der Waals surface area contributed by atoms with Gasteiger partial charge in [-0.15, -0.1) is 0 Å². The number of hydrogen-bond donors (Lipinski definition) is 1. The van der Waals surface area contributed by atoms with Crippen LogP contribution in [0.25, 0.3) is 0 Å². The van der Waals surface area contributed by atoms with Gasteiger partial charge in [-0.05, 0) is 42.3 Å². The monoisotopic (exact) mass is 299 g/mol. The largest absolute Gasteiger partial charge is 0.496 e. The molecule has 0 fully saturated rings. The zero-order valence-corrected chi connectivity index (χ0v) is 13.1. The maximum absolute atomic E-state index is 12.3. The zero-order valence-electron chi connectivity index (χ0n) is 13.1. The van der Waals surface area contributed by atoms with E-state index >= 15 is 0 Å². The molecule has 0 aromatic heterocycles. The average Bonchev–Trinajstić information content (AvgIpc) is 2.54. The first kappa shape index (κ1) is 15.9. The Morgan fingerprint density at radius 2 is 1.77 bits per heavy atom. The van der Waals surface area contributed by atoms with E-state index in [1.165, 1.54) is 0 Å². The number of hydrogen-bond acceptors (Lipinski definition) is 3. The van der Waals surface area contributed by atoms with Gasteiger partial charge in [0.25, 0.3) is 5.91 Å². The summed E-state index contributed by atoms with van der Waals surface area (Å²) in [5.74, 6) is 1.62. The molecule has 0 atom stereocenters. The van der Waals surface area contributed by atoms with E-state index in [1.54, 1.807) is 25.3 Å². The molecule has 0 unspecified atom stereocenters. The van der Waals surface area contributed by atoms with Crippen molar-refractivity contribution in [1.82, 2.24) is 0 Å². The van der Waals surface area contributed by atoms with Gasteiger partial charge in [0.05, 0.1) is 19.3 Å². The summed E-state index contributed by atoms with van der Waals surface area (Å²) in [5, 5.41) is 2.85. The fraction of sp³-hybridized carbons (Fsp3) is 0.278. The molecule has 0 heterocycles. The van der Waals surface area contributed by atoms with Gasteiger partial charge < -0.3 is 14.8 Å². The van der Waals surface area contributed by atoms with E-state index in [0.717, 1.165) is 5.75 Å². The second-order valence-electron chi connectivity index (χ2n) is 5.38. The van der Waals surface area contributed by atoms with Crippen LogP contribution in [0.5, 0.6) is 11.5 Å². The molecule has 2 aromatic rings. The van der Waals surface area contributed by atoms with Crippen LogP contribution in [0.4, 0.5) is 5.69 Å². The lowest BCUT2D eigenvalue weighted by atomic mass is 10.2. The summed E-state index contributed by atoms with van der Waals surface area (Å²) in [5.41, 5.74) is 1.22. The Morgan fingerprint density at radius 1 is 1.09 bits per heavy atom. The van der Waals surface area contributed by atoms with Gasteiger partial charge in [-0.1, -0.05) is 26.0 Å². The first-order valence-electron chi connectivity index (χ1n) is 7.27. The van der Waals surface area contributed by atoms with Crippen LogP contribution in [0, 0.1) is 5.92 Å². The van der Waals surface area contributed by atoms with Gasteiger partial charge in [0.1, 0.15) is 11.5 Å². The number of methoxy groups -OCH3 is 1. The number of carbonyl (C=O) groups excluding carboxylic acids is 1. The number of anilines is 1. The summed E-state index contributed by atoms with van der Waals surface area (Å²) in [6, 6.07) is 14.5. The molecule has 0 saturated carbocycles. The zero-order chi connectivity index (χ0) is 15.9. The van der Waals surface area contributed by atoms with Gasteiger partial charge >= 0.3 is 0 Å². The van der Waals surface area contributed by atoms with Gasteiger partial charge in [0.15, 0.2) is 0 Å². The molecule has 0 aliphatic rings. The molecule has 1 N–H and O–H groups in total. The van der Waals surface area contributed by atoms with Crippen molar-refractivity contribution in [2.24, 2.45) is 5.92 Å². The topological polar surface area (TPSA) is 47.6 Å². The van der Waals surface area contributed by atoms with Gasteiger partial charge in [0.2, 0.25) is 0 Å². The highest BCUT2D eigenvalue weighted by Crippen LogP contribution is 2.21. The second-order valence-corrected chi connectivity index (χ2v) is 5.38. The van der Waals surface area contributed by atoms with Gasteiger partial charge in [-0.2, -0.15) is 0 Å². The van der Waals surface area contributed by atoms with Crippen LogP contribution in [0.2, 0.25) is 0 Å². The number of benzene rings is 2. The summed E-state index contributed by atoms with van der Waals surface area (Å²) in [7, 11) is 1.55. The summed E-state index contributed by atoms with van der Waals surface area (Å²) < 4.78 is 10.8. The number of amides is 1. The van der Waals surface area contributed by atoms with E-state index < -0.39 is 0 Å². The number of nitrogens with one attached hydrogen (secondary N) is 1. The Labute approximate surface area is 131 Å². The number of carbonyl (C=O) groups is 1. The first-order valence-corrected chi connectivity index (χ1v) is 7.27. The lowest BCUT2D eigenvalue weighted by Gasteiger charge is -2.11. The third-order valence-corrected chi connectivity index (χ3v) is 3.05. The Kier molecular flexibility index (Phi) is 5.42. The predicted molar refractivity (Wildman–Crippen MR) is 87.7 cm³/mol. The Bertz CT molecular complexity index is 620. The van der Waals surface area contributed by atoms with Crippen molar-refractivity contribution in [1.29, 1.82) is 0 Å². The van der Waals surface area contributed by atoms with Crippen molar-refractivity contribution in [2.45, 2.75) is 13.8 Å². The third-order valence-electron chi connectivity index (χ3n) is 3.05. The fourth-order valence-corrected chi connectivity index (χ4v) is 1.93. The van der Waals surface area contributed by atoms with E-state index in [-0.39, 0.29) is 5.91 Å². The van der Waals surface area contributed by atoms with E-state index in [9.17, 15) is 4.79 Å². The van der Waals surface area contributed by atoms with Crippen LogP contribution in [0.3, 0.4) is 0 Å². The van der Waals surface area contributed by atoms with Crippen molar-refractivity contribution in [3.8, 4) is 11.5 Å². The van der Waals surface area contributed by atoms with Crippen LogP contribution in [0.15, 0.2) is 48.5 Å². The molecule has 1 amide bonds. The normalized spacial score (nSPS) is 10.4. The van der Waals surface area contributed by atoms with Crippen LogP contribution in [-0.2, 0) is 0 Å². The molecule has 4 heteroatoms. The smallest absolute Gasteiger partial charge is 0.259 e. The molecule has 116 valence electrons. The molecule has 2 rings (SSSR count). The van der Waals surface area contributed by atoms with Crippen LogP contribution in [-0.4, -0.2) is 19.6 Å². The molecule has 2 aromatic carbocycles. The van der Waals surface area contributed by atoms with Crippen LogP contribution < -0.4 is 14.8 Å². The van der Waals surface area contributed by atoms with Crippen molar-refractivity contribution in [3.05, 3.63) is 54.1 Å². The molecule has 0 saturated heterocycles. The lowest BCUT2D eigenvalue weighted by Crippen LogP contribution is -2.13. The maximum atomic E-state index is 12.3. The Balaban J connectivity index is 2.02. The summed E-state index contributed by atoms with van der Waals surface area (Å²) >= 11 is 0. The molecule has 0 radical (unpaired) electrons. The van der Waals surface area contributed by atoms with Crippen LogP contribution >= 0.6 is 0 Å². The quantitative estimate of drug-likeness (QED) is 0.877. The van der Waals surface area contributed by atoms with Crippen molar-refractivity contribution in [3.63, 3.8) is 0 Å². The molecule has 0 spiro atoms. The summed E-state index contributed by atoms with van der Waals surface area (Å²) in [4.78, 5) is 12.3. The van der Waals surface area contributed by atoms with Crippen molar-refractivity contribution < 1.29 is 14.3 Å². The third kappa shape index (κ3) is 4.25. The molecular formula is C18H21NO3. The molecule has 0 aliphatic carbocycles. The number of rotatable bonds is 6. The second kappa shape index (κ2) is 7.50. The highest BCUT2D eigenvalue weighted by Gasteiger charge is 2.11. The lowest BCUT2D eigenvalue weighted by molar-refractivity contribution is 0.102. The highest BCUT2D eigenvalue weighted by atomic mass is 16.5. The standard InChI is InChI=1S/C18H21NO3/c1-13(2)12-22-15-10-8-14(9-11-15)19-18(20)16-6-4-5-7-17(16)21-3/h4-11,13H,12H2,1-3H3,(H,19,20). The molecule has 4 nitrogen and oxygen atoms in total. The fourth-order valence-electron chi connectivity index (χ4n) is 1.93. The Hall–Kier alpha value is -2.49.